The highest BCUT2D eigenvalue weighted by molar-refractivity contribution is 5.33. The van der Waals surface area contributed by atoms with E-state index in [0.717, 1.165) is 45.0 Å². The van der Waals surface area contributed by atoms with Crippen LogP contribution in [0, 0.1) is 13.8 Å². The van der Waals surface area contributed by atoms with Crippen LogP contribution in [0.1, 0.15) is 24.5 Å². The molecule has 0 bridgehead atoms. The summed E-state index contributed by atoms with van der Waals surface area (Å²) in [6, 6.07) is 6.94. The van der Waals surface area contributed by atoms with E-state index in [1.54, 1.807) is 0 Å². The highest BCUT2D eigenvalue weighted by Crippen LogP contribution is 2.16. The zero-order valence-corrected chi connectivity index (χ0v) is 12.4. The summed E-state index contributed by atoms with van der Waals surface area (Å²) >= 11 is 0. The Balaban J connectivity index is 1.67. The van der Waals surface area contributed by atoms with Crippen LogP contribution >= 0.6 is 0 Å². The molecule has 3 heteroatoms. The van der Waals surface area contributed by atoms with Gasteiger partial charge in [0.25, 0.3) is 0 Å². The van der Waals surface area contributed by atoms with Gasteiger partial charge < -0.3 is 15.0 Å². The van der Waals surface area contributed by atoms with Gasteiger partial charge in [0, 0.05) is 32.2 Å². The van der Waals surface area contributed by atoms with Crippen molar-refractivity contribution in [3.63, 3.8) is 0 Å². The van der Waals surface area contributed by atoms with E-state index in [-0.39, 0.29) is 0 Å². The van der Waals surface area contributed by atoms with Crippen molar-refractivity contribution in [1.29, 1.82) is 0 Å². The Hall–Kier alpha value is -1.06. The Labute approximate surface area is 116 Å². The molecule has 0 saturated carbocycles. The number of rotatable bonds is 5. The Bertz CT molecular complexity index is 406. The molecule has 1 unspecified atom stereocenters. The molecule has 1 aliphatic heterocycles. The van der Waals surface area contributed by atoms with E-state index in [2.05, 4.69) is 49.2 Å². The molecule has 1 aromatic carbocycles. The largest absolute Gasteiger partial charge is 0.494 e. The summed E-state index contributed by atoms with van der Waals surface area (Å²) in [6.45, 7) is 11.9. The highest BCUT2D eigenvalue weighted by atomic mass is 16.5. The lowest BCUT2D eigenvalue weighted by Crippen LogP contribution is -2.49. The van der Waals surface area contributed by atoms with Crippen LogP contribution in [0.3, 0.4) is 0 Å². The quantitative estimate of drug-likeness (QED) is 0.825. The molecule has 0 spiro atoms. The van der Waals surface area contributed by atoms with Crippen molar-refractivity contribution in [2.45, 2.75) is 33.2 Å². The lowest BCUT2D eigenvalue weighted by atomic mass is 10.1. The molecule has 1 fully saturated rings. The zero-order valence-electron chi connectivity index (χ0n) is 12.4. The normalized spacial score (nSPS) is 20.5. The molecule has 0 aromatic heterocycles. The minimum absolute atomic E-state index is 0.620. The van der Waals surface area contributed by atoms with Gasteiger partial charge in [-0.1, -0.05) is 6.07 Å². The predicted molar refractivity (Wildman–Crippen MR) is 79.9 cm³/mol. The van der Waals surface area contributed by atoms with Gasteiger partial charge in [0.05, 0.1) is 6.61 Å². The van der Waals surface area contributed by atoms with Crippen LogP contribution in [0.15, 0.2) is 18.2 Å². The van der Waals surface area contributed by atoms with Gasteiger partial charge in [0.15, 0.2) is 0 Å². The smallest absolute Gasteiger partial charge is 0.119 e. The first-order valence-electron chi connectivity index (χ1n) is 7.31. The number of benzene rings is 1. The van der Waals surface area contributed by atoms with E-state index in [1.807, 2.05) is 0 Å². The van der Waals surface area contributed by atoms with Crippen molar-refractivity contribution in [1.82, 2.24) is 10.2 Å². The zero-order chi connectivity index (χ0) is 13.7. The van der Waals surface area contributed by atoms with Gasteiger partial charge in [-0.05, 0) is 50.5 Å². The lowest BCUT2D eigenvalue weighted by molar-refractivity contribution is 0.189. The minimum Gasteiger partial charge on any atom is -0.494 e. The summed E-state index contributed by atoms with van der Waals surface area (Å²) in [7, 11) is 0. The van der Waals surface area contributed by atoms with E-state index < -0.39 is 0 Å². The first-order chi connectivity index (χ1) is 9.15. The Kier molecular flexibility index (Phi) is 5.23. The Morgan fingerprint density at radius 1 is 1.32 bits per heavy atom. The van der Waals surface area contributed by atoms with Gasteiger partial charge in [-0.25, -0.2) is 0 Å². The van der Waals surface area contributed by atoms with E-state index in [0.29, 0.717) is 6.04 Å². The molecule has 106 valence electrons. The maximum Gasteiger partial charge on any atom is 0.119 e. The van der Waals surface area contributed by atoms with E-state index in [9.17, 15) is 0 Å². The van der Waals surface area contributed by atoms with Crippen LogP contribution in [0.25, 0.3) is 0 Å². The second kappa shape index (κ2) is 6.92. The summed E-state index contributed by atoms with van der Waals surface area (Å²) in [4.78, 5) is 2.52. The van der Waals surface area contributed by atoms with Crippen LogP contribution in [0.5, 0.6) is 5.75 Å². The number of hydrogen-bond donors (Lipinski definition) is 1. The maximum atomic E-state index is 5.82. The van der Waals surface area contributed by atoms with E-state index in [4.69, 9.17) is 4.74 Å². The van der Waals surface area contributed by atoms with Crippen LogP contribution in [0.4, 0.5) is 0 Å². The van der Waals surface area contributed by atoms with Crippen molar-refractivity contribution >= 4 is 0 Å². The summed E-state index contributed by atoms with van der Waals surface area (Å²) in [5.41, 5.74) is 2.62. The monoisotopic (exact) mass is 262 g/mol. The fourth-order valence-electron chi connectivity index (χ4n) is 2.50. The predicted octanol–water partition coefficient (Wildman–Crippen LogP) is 2.37. The molecule has 1 aromatic rings. The van der Waals surface area contributed by atoms with Gasteiger partial charge >= 0.3 is 0 Å². The highest BCUT2D eigenvalue weighted by Gasteiger charge is 2.14. The molecular weight excluding hydrogens is 236 g/mol. The minimum atomic E-state index is 0.620. The summed E-state index contributed by atoms with van der Waals surface area (Å²) < 4.78 is 5.82. The van der Waals surface area contributed by atoms with Gasteiger partial charge in [-0.2, -0.15) is 0 Å². The molecule has 0 amide bonds. The van der Waals surface area contributed by atoms with Crippen molar-refractivity contribution in [2.24, 2.45) is 0 Å². The van der Waals surface area contributed by atoms with Crippen molar-refractivity contribution in [3.8, 4) is 5.75 Å². The number of ether oxygens (including phenoxy) is 1. The fourth-order valence-corrected chi connectivity index (χ4v) is 2.50. The first-order valence-corrected chi connectivity index (χ1v) is 7.31. The molecule has 19 heavy (non-hydrogen) atoms. The molecule has 1 saturated heterocycles. The number of aryl methyl sites for hydroxylation is 2. The van der Waals surface area contributed by atoms with Crippen LogP contribution in [0.2, 0.25) is 0 Å². The third-order valence-electron chi connectivity index (χ3n) is 3.82. The second-order valence-electron chi connectivity index (χ2n) is 5.60. The SMILES string of the molecule is Cc1ccc(OCCCN2CCNC(C)C2)cc1C. The van der Waals surface area contributed by atoms with Gasteiger partial charge in [-0.15, -0.1) is 0 Å². The summed E-state index contributed by atoms with van der Waals surface area (Å²) in [5.74, 6) is 0.997. The van der Waals surface area contributed by atoms with Gasteiger partial charge in [0.2, 0.25) is 0 Å². The molecular formula is C16H26N2O. The van der Waals surface area contributed by atoms with E-state index in [1.165, 1.54) is 11.1 Å². The van der Waals surface area contributed by atoms with Crippen molar-refractivity contribution in [3.05, 3.63) is 29.3 Å². The number of nitrogens with one attached hydrogen (secondary N) is 1. The fraction of sp³-hybridized carbons (Fsp3) is 0.625. The molecule has 0 radical (unpaired) electrons. The summed E-state index contributed by atoms with van der Waals surface area (Å²) in [5, 5.41) is 3.47. The molecule has 2 rings (SSSR count). The van der Waals surface area contributed by atoms with Crippen LogP contribution in [-0.4, -0.2) is 43.7 Å². The molecule has 1 atom stereocenters. The van der Waals surface area contributed by atoms with Crippen molar-refractivity contribution < 1.29 is 4.74 Å². The number of piperazine rings is 1. The third-order valence-corrected chi connectivity index (χ3v) is 3.82. The first kappa shape index (κ1) is 14.4. The third kappa shape index (κ3) is 4.51. The molecule has 0 aliphatic carbocycles. The number of nitrogens with zero attached hydrogens (tertiary/aromatic N) is 1. The van der Waals surface area contributed by atoms with Gasteiger partial charge in [0.1, 0.15) is 5.75 Å². The van der Waals surface area contributed by atoms with E-state index >= 15 is 0 Å². The Morgan fingerprint density at radius 2 is 2.16 bits per heavy atom. The van der Waals surface area contributed by atoms with Crippen LogP contribution in [-0.2, 0) is 0 Å². The van der Waals surface area contributed by atoms with Crippen molar-refractivity contribution in [2.75, 3.05) is 32.8 Å². The van der Waals surface area contributed by atoms with Gasteiger partial charge in [-0.3, -0.25) is 0 Å². The molecule has 3 nitrogen and oxygen atoms in total. The average molecular weight is 262 g/mol. The molecule has 1 N–H and O–H groups in total. The molecule has 1 aliphatic rings. The Morgan fingerprint density at radius 3 is 2.89 bits per heavy atom. The average Bonchev–Trinajstić information content (AvgIpc) is 2.39. The summed E-state index contributed by atoms with van der Waals surface area (Å²) in [6.07, 6.45) is 1.10. The standard InChI is InChI=1S/C16H26N2O/c1-13-5-6-16(11-14(13)2)19-10-4-8-18-9-7-17-15(3)12-18/h5-6,11,15,17H,4,7-10,12H2,1-3H3. The topological polar surface area (TPSA) is 24.5 Å². The number of hydrogen-bond acceptors (Lipinski definition) is 3. The molecule has 1 heterocycles. The second-order valence-corrected chi connectivity index (χ2v) is 5.60. The maximum absolute atomic E-state index is 5.82. The van der Waals surface area contributed by atoms with Crippen LogP contribution < -0.4 is 10.1 Å². The lowest BCUT2D eigenvalue weighted by Gasteiger charge is -2.31.